The first-order valence-electron chi connectivity index (χ1n) is 4.80. The lowest BCUT2D eigenvalue weighted by molar-refractivity contribution is -0.142. The highest BCUT2D eigenvalue weighted by molar-refractivity contribution is 5.80. The van der Waals surface area contributed by atoms with Gasteiger partial charge in [0.1, 0.15) is 6.04 Å². The monoisotopic (exact) mass is 191 g/mol. The molecule has 0 bridgehead atoms. The summed E-state index contributed by atoms with van der Waals surface area (Å²) in [6, 6.07) is 9.93. The lowest BCUT2D eigenvalue weighted by atomic mass is 10.1. The van der Waals surface area contributed by atoms with Gasteiger partial charge in [0.25, 0.3) is 0 Å². The van der Waals surface area contributed by atoms with Crippen LogP contribution in [0.3, 0.4) is 0 Å². The van der Waals surface area contributed by atoms with Gasteiger partial charge in [-0.15, -0.1) is 0 Å². The van der Waals surface area contributed by atoms with Gasteiger partial charge in [-0.1, -0.05) is 30.3 Å². The largest absolute Gasteiger partial charge is 0.465 e. The number of nitrogens with one attached hydrogen (secondary N) is 1. The highest BCUT2D eigenvalue weighted by atomic mass is 16.5. The molecule has 0 saturated carbocycles. The SMILES string of the molecule is CCOC(=O)[C@H]1N[C@@H]1c1ccccc1. The molecule has 3 heteroatoms. The third kappa shape index (κ3) is 1.77. The fraction of sp³-hybridized carbons (Fsp3) is 0.364. The molecular weight excluding hydrogens is 178 g/mol. The van der Waals surface area contributed by atoms with E-state index in [0.717, 1.165) is 5.56 Å². The smallest absolute Gasteiger partial charge is 0.325 e. The molecule has 1 saturated heterocycles. The molecule has 0 aromatic heterocycles. The van der Waals surface area contributed by atoms with E-state index >= 15 is 0 Å². The minimum atomic E-state index is -0.152. The normalized spacial score (nSPS) is 24.4. The van der Waals surface area contributed by atoms with Gasteiger partial charge in [0.05, 0.1) is 12.6 Å². The fourth-order valence-corrected chi connectivity index (χ4v) is 1.52. The van der Waals surface area contributed by atoms with Gasteiger partial charge in [-0.2, -0.15) is 0 Å². The van der Waals surface area contributed by atoms with E-state index in [-0.39, 0.29) is 18.1 Å². The molecule has 0 aliphatic carbocycles. The first-order valence-corrected chi connectivity index (χ1v) is 4.80. The topological polar surface area (TPSA) is 48.2 Å². The van der Waals surface area contributed by atoms with Crippen molar-refractivity contribution in [2.45, 2.75) is 19.0 Å². The number of carbonyl (C=O) groups is 1. The van der Waals surface area contributed by atoms with Gasteiger partial charge < -0.3 is 4.74 Å². The van der Waals surface area contributed by atoms with E-state index in [2.05, 4.69) is 5.32 Å². The first-order chi connectivity index (χ1) is 6.83. The van der Waals surface area contributed by atoms with Crippen molar-refractivity contribution in [3.8, 4) is 0 Å². The zero-order valence-electron chi connectivity index (χ0n) is 8.07. The first kappa shape index (κ1) is 9.21. The molecule has 3 nitrogen and oxygen atoms in total. The summed E-state index contributed by atoms with van der Waals surface area (Å²) in [6.07, 6.45) is 0. The summed E-state index contributed by atoms with van der Waals surface area (Å²) in [5.74, 6) is -0.152. The van der Waals surface area contributed by atoms with Gasteiger partial charge >= 0.3 is 5.97 Å². The summed E-state index contributed by atoms with van der Waals surface area (Å²) >= 11 is 0. The number of hydrogen-bond donors (Lipinski definition) is 1. The summed E-state index contributed by atoms with van der Waals surface area (Å²) in [7, 11) is 0. The zero-order valence-corrected chi connectivity index (χ0v) is 8.07. The second kappa shape index (κ2) is 3.80. The molecular formula is C11H13NO2. The highest BCUT2D eigenvalue weighted by Gasteiger charge is 2.44. The maximum Gasteiger partial charge on any atom is 0.325 e. The van der Waals surface area contributed by atoms with Crippen LogP contribution in [0.15, 0.2) is 30.3 Å². The Kier molecular flexibility index (Phi) is 2.50. The Morgan fingerprint density at radius 2 is 2.14 bits per heavy atom. The Hall–Kier alpha value is -1.35. The highest BCUT2D eigenvalue weighted by Crippen LogP contribution is 2.29. The standard InChI is InChI=1S/C11H13NO2/c1-2-14-11(13)10-9(12-10)8-6-4-3-5-7-8/h3-7,9-10,12H,2H2,1H3/t9-,10+/m1/s1. The molecule has 1 aromatic rings. The van der Waals surface area contributed by atoms with E-state index in [1.165, 1.54) is 0 Å². The van der Waals surface area contributed by atoms with Crippen LogP contribution in [0, 0.1) is 0 Å². The van der Waals surface area contributed by atoms with Crippen LogP contribution >= 0.6 is 0 Å². The third-order valence-corrected chi connectivity index (χ3v) is 2.28. The summed E-state index contributed by atoms with van der Waals surface area (Å²) in [4.78, 5) is 11.3. The number of benzene rings is 1. The Morgan fingerprint density at radius 1 is 1.43 bits per heavy atom. The van der Waals surface area contributed by atoms with E-state index in [9.17, 15) is 4.79 Å². The molecule has 2 atom stereocenters. The minimum absolute atomic E-state index is 0.141. The Balaban J connectivity index is 1.96. The quantitative estimate of drug-likeness (QED) is 0.578. The Bertz CT molecular complexity index is 323. The molecule has 74 valence electrons. The van der Waals surface area contributed by atoms with Crippen LogP contribution in [0.25, 0.3) is 0 Å². The molecule has 2 rings (SSSR count). The van der Waals surface area contributed by atoms with Gasteiger partial charge in [0.2, 0.25) is 0 Å². The van der Waals surface area contributed by atoms with Crippen molar-refractivity contribution >= 4 is 5.97 Å². The van der Waals surface area contributed by atoms with Gasteiger partial charge in [0, 0.05) is 0 Å². The zero-order chi connectivity index (χ0) is 9.97. The predicted molar refractivity (Wildman–Crippen MR) is 52.7 cm³/mol. The van der Waals surface area contributed by atoms with Crippen LogP contribution in [-0.2, 0) is 9.53 Å². The maximum atomic E-state index is 11.3. The molecule has 0 spiro atoms. The third-order valence-electron chi connectivity index (χ3n) is 2.28. The molecule has 1 aliphatic rings. The summed E-state index contributed by atoms with van der Waals surface area (Å²) in [5, 5.41) is 3.10. The number of rotatable bonds is 3. The van der Waals surface area contributed by atoms with Crippen molar-refractivity contribution in [3.05, 3.63) is 35.9 Å². The van der Waals surface area contributed by atoms with Crippen molar-refractivity contribution in [2.75, 3.05) is 6.61 Å². The van der Waals surface area contributed by atoms with E-state index in [1.807, 2.05) is 37.3 Å². The number of hydrogen-bond acceptors (Lipinski definition) is 3. The van der Waals surface area contributed by atoms with Gasteiger partial charge in [-0.05, 0) is 12.5 Å². The van der Waals surface area contributed by atoms with Crippen molar-refractivity contribution < 1.29 is 9.53 Å². The maximum absolute atomic E-state index is 11.3. The molecule has 1 aromatic carbocycles. The lowest BCUT2D eigenvalue weighted by Crippen LogP contribution is -2.13. The molecule has 0 amide bonds. The second-order valence-electron chi connectivity index (χ2n) is 3.28. The predicted octanol–water partition coefficient (Wildman–Crippen LogP) is 1.26. The second-order valence-corrected chi connectivity index (χ2v) is 3.28. The molecule has 1 aliphatic heterocycles. The average molecular weight is 191 g/mol. The Morgan fingerprint density at radius 3 is 2.79 bits per heavy atom. The van der Waals surface area contributed by atoms with Crippen molar-refractivity contribution in [1.82, 2.24) is 5.32 Å². The van der Waals surface area contributed by atoms with Crippen LogP contribution in [0.1, 0.15) is 18.5 Å². The van der Waals surface area contributed by atoms with Crippen molar-refractivity contribution in [2.24, 2.45) is 0 Å². The van der Waals surface area contributed by atoms with Crippen LogP contribution in [0.4, 0.5) is 0 Å². The number of carbonyl (C=O) groups excluding carboxylic acids is 1. The van der Waals surface area contributed by atoms with E-state index < -0.39 is 0 Å². The molecule has 1 fully saturated rings. The Labute approximate surface area is 83.1 Å². The van der Waals surface area contributed by atoms with Crippen molar-refractivity contribution in [1.29, 1.82) is 0 Å². The lowest BCUT2D eigenvalue weighted by Gasteiger charge is -1.98. The molecule has 0 radical (unpaired) electrons. The van der Waals surface area contributed by atoms with Crippen LogP contribution in [0.5, 0.6) is 0 Å². The molecule has 1 N–H and O–H groups in total. The van der Waals surface area contributed by atoms with Gasteiger partial charge in [-0.25, -0.2) is 0 Å². The van der Waals surface area contributed by atoms with E-state index in [4.69, 9.17) is 4.74 Å². The van der Waals surface area contributed by atoms with Crippen LogP contribution in [-0.4, -0.2) is 18.6 Å². The van der Waals surface area contributed by atoms with Crippen LogP contribution < -0.4 is 5.32 Å². The van der Waals surface area contributed by atoms with Crippen molar-refractivity contribution in [3.63, 3.8) is 0 Å². The summed E-state index contributed by atoms with van der Waals surface area (Å²) < 4.78 is 4.92. The molecule has 14 heavy (non-hydrogen) atoms. The molecule has 0 unspecified atom stereocenters. The minimum Gasteiger partial charge on any atom is -0.465 e. The summed E-state index contributed by atoms with van der Waals surface area (Å²) in [5.41, 5.74) is 1.14. The van der Waals surface area contributed by atoms with Gasteiger partial charge in [-0.3, -0.25) is 10.1 Å². The number of ether oxygens (including phenoxy) is 1. The van der Waals surface area contributed by atoms with Crippen LogP contribution in [0.2, 0.25) is 0 Å². The summed E-state index contributed by atoms with van der Waals surface area (Å²) in [6.45, 7) is 2.26. The molecule has 1 heterocycles. The van der Waals surface area contributed by atoms with Gasteiger partial charge in [0.15, 0.2) is 0 Å². The number of esters is 1. The average Bonchev–Trinajstić information content (AvgIpc) is 2.99. The van der Waals surface area contributed by atoms with E-state index in [0.29, 0.717) is 6.61 Å². The fourth-order valence-electron chi connectivity index (χ4n) is 1.52. The van der Waals surface area contributed by atoms with E-state index in [1.54, 1.807) is 0 Å².